The van der Waals surface area contributed by atoms with Gasteiger partial charge in [-0.2, -0.15) is 0 Å². The van der Waals surface area contributed by atoms with E-state index in [9.17, 15) is 4.79 Å². The van der Waals surface area contributed by atoms with Gasteiger partial charge in [0.05, 0.1) is 13.1 Å². The lowest BCUT2D eigenvalue weighted by atomic mass is 9.98. The van der Waals surface area contributed by atoms with Crippen LogP contribution < -0.4 is 10.6 Å². The van der Waals surface area contributed by atoms with Gasteiger partial charge in [0.1, 0.15) is 0 Å². The Morgan fingerprint density at radius 1 is 1.58 bits per heavy atom. The molecule has 1 aromatic rings. The molecule has 4 nitrogen and oxygen atoms in total. The Kier molecular flexibility index (Phi) is 5.82. The Balaban J connectivity index is 1.69. The smallest absolute Gasteiger partial charge is 0.234 e. The van der Waals surface area contributed by atoms with Crippen LogP contribution in [0.2, 0.25) is 0 Å². The number of likely N-dealkylation sites (tertiary alicyclic amines) is 1. The fourth-order valence-electron chi connectivity index (χ4n) is 2.61. The maximum atomic E-state index is 11.9. The first-order valence-corrected chi connectivity index (χ1v) is 7.82. The Hall–Kier alpha value is -0.910. The lowest BCUT2D eigenvalue weighted by molar-refractivity contribution is -0.122. The predicted molar refractivity (Wildman–Crippen MR) is 79.3 cm³/mol. The molecule has 0 aliphatic carbocycles. The molecule has 1 atom stereocenters. The molecule has 0 saturated carbocycles. The number of nitrogens with one attached hydrogen (secondary N) is 2. The largest absolute Gasteiger partial charge is 0.350 e. The number of carbonyl (C=O) groups is 1. The van der Waals surface area contributed by atoms with Crippen molar-refractivity contribution in [3.8, 4) is 0 Å². The van der Waals surface area contributed by atoms with E-state index in [-0.39, 0.29) is 5.91 Å². The van der Waals surface area contributed by atoms with Crippen molar-refractivity contribution in [1.29, 1.82) is 0 Å². The van der Waals surface area contributed by atoms with Crippen LogP contribution in [0.1, 0.15) is 17.7 Å². The highest BCUT2D eigenvalue weighted by molar-refractivity contribution is 7.09. The summed E-state index contributed by atoms with van der Waals surface area (Å²) in [5.41, 5.74) is 0. The molecule has 1 aliphatic rings. The summed E-state index contributed by atoms with van der Waals surface area (Å²) in [7, 11) is 1.99. The Morgan fingerprint density at radius 3 is 3.21 bits per heavy atom. The van der Waals surface area contributed by atoms with Crippen LogP contribution in [0.4, 0.5) is 0 Å². The van der Waals surface area contributed by atoms with Gasteiger partial charge in [-0.15, -0.1) is 11.3 Å². The number of hydrogen-bond donors (Lipinski definition) is 2. The molecule has 19 heavy (non-hydrogen) atoms. The van der Waals surface area contributed by atoms with Crippen LogP contribution in [0.25, 0.3) is 0 Å². The van der Waals surface area contributed by atoms with Gasteiger partial charge in [-0.05, 0) is 50.3 Å². The monoisotopic (exact) mass is 281 g/mol. The van der Waals surface area contributed by atoms with Gasteiger partial charge in [0.15, 0.2) is 0 Å². The number of carbonyl (C=O) groups excluding carboxylic acids is 1. The molecule has 0 spiro atoms. The van der Waals surface area contributed by atoms with E-state index in [0.717, 1.165) is 19.6 Å². The summed E-state index contributed by atoms with van der Waals surface area (Å²) in [6, 6.07) is 4.06. The molecular formula is C14H23N3OS. The van der Waals surface area contributed by atoms with Crippen LogP contribution in [0.5, 0.6) is 0 Å². The van der Waals surface area contributed by atoms with E-state index in [2.05, 4.69) is 21.6 Å². The SMILES string of the molecule is CNCC1CCCN(CC(=O)NCc2cccs2)C1. The second-order valence-electron chi connectivity index (χ2n) is 5.16. The molecule has 0 aromatic carbocycles. The van der Waals surface area contributed by atoms with Crippen LogP contribution in [0, 0.1) is 5.92 Å². The molecule has 1 aromatic heterocycles. The second kappa shape index (κ2) is 7.62. The third-order valence-corrected chi connectivity index (χ3v) is 4.38. The average molecular weight is 281 g/mol. The fraction of sp³-hybridized carbons (Fsp3) is 0.643. The zero-order valence-corrected chi connectivity index (χ0v) is 12.3. The van der Waals surface area contributed by atoms with Crippen molar-refractivity contribution < 1.29 is 4.79 Å². The molecular weight excluding hydrogens is 258 g/mol. The van der Waals surface area contributed by atoms with E-state index in [1.807, 2.05) is 18.5 Å². The van der Waals surface area contributed by atoms with Crippen molar-refractivity contribution in [2.45, 2.75) is 19.4 Å². The Labute approximate surface area is 119 Å². The summed E-state index contributed by atoms with van der Waals surface area (Å²) in [4.78, 5) is 15.4. The molecule has 1 saturated heterocycles. The number of rotatable bonds is 6. The van der Waals surface area contributed by atoms with Crippen LogP contribution >= 0.6 is 11.3 Å². The van der Waals surface area contributed by atoms with Crippen molar-refractivity contribution in [2.75, 3.05) is 33.2 Å². The predicted octanol–water partition coefficient (Wildman–Crippen LogP) is 1.30. The fourth-order valence-corrected chi connectivity index (χ4v) is 3.25. The van der Waals surface area contributed by atoms with Gasteiger partial charge in [-0.3, -0.25) is 9.69 Å². The molecule has 1 amide bonds. The van der Waals surface area contributed by atoms with E-state index in [1.54, 1.807) is 11.3 Å². The maximum absolute atomic E-state index is 11.9. The van der Waals surface area contributed by atoms with Gasteiger partial charge in [-0.1, -0.05) is 6.07 Å². The summed E-state index contributed by atoms with van der Waals surface area (Å²) in [6.07, 6.45) is 2.47. The number of hydrogen-bond acceptors (Lipinski definition) is 4. The van der Waals surface area contributed by atoms with E-state index >= 15 is 0 Å². The quantitative estimate of drug-likeness (QED) is 0.826. The Morgan fingerprint density at radius 2 is 2.47 bits per heavy atom. The minimum absolute atomic E-state index is 0.138. The average Bonchev–Trinajstić information content (AvgIpc) is 2.90. The van der Waals surface area contributed by atoms with Crippen molar-refractivity contribution >= 4 is 17.2 Å². The molecule has 5 heteroatoms. The second-order valence-corrected chi connectivity index (χ2v) is 6.19. The molecule has 0 bridgehead atoms. The molecule has 2 N–H and O–H groups in total. The van der Waals surface area contributed by atoms with E-state index < -0.39 is 0 Å². The van der Waals surface area contributed by atoms with E-state index in [4.69, 9.17) is 0 Å². The molecule has 2 heterocycles. The van der Waals surface area contributed by atoms with Crippen LogP contribution in [-0.2, 0) is 11.3 Å². The van der Waals surface area contributed by atoms with Crippen molar-refractivity contribution in [2.24, 2.45) is 5.92 Å². The summed E-state index contributed by atoms with van der Waals surface area (Å²) in [5.74, 6) is 0.822. The normalized spacial score (nSPS) is 20.4. The highest BCUT2D eigenvalue weighted by atomic mass is 32.1. The molecule has 1 aliphatic heterocycles. The zero-order valence-electron chi connectivity index (χ0n) is 11.5. The van der Waals surface area contributed by atoms with Crippen molar-refractivity contribution in [3.63, 3.8) is 0 Å². The van der Waals surface area contributed by atoms with Gasteiger partial charge in [0.2, 0.25) is 5.91 Å². The van der Waals surface area contributed by atoms with Gasteiger partial charge in [0.25, 0.3) is 0 Å². The highest BCUT2D eigenvalue weighted by Gasteiger charge is 2.20. The number of nitrogens with zero attached hydrogens (tertiary/aromatic N) is 1. The molecule has 0 radical (unpaired) electrons. The maximum Gasteiger partial charge on any atom is 0.234 e. The summed E-state index contributed by atoms with van der Waals surface area (Å²) in [5, 5.41) is 8.26. The van der Waals surface area contributed by atoms with E-state index in [0.29, 0.717) is 19.0 Å². The lowest BCUT2D eigenvalue weighted by Gasteiger charge is -2.32. The first-order valence-electron chi connectivity index (χ1n) is 6.94. The molecule has 106 valence electrons. The zero-order chi connectivity index (χ0) is 13.5. The van der Waals surface area contributed by atoms with Crippen molar-refractivity contribution in [1.82, 2.24) is 15.5 Å². The van der Waals surface area contributed by atoms with E-state index in [1.165, 1.54) is 17.7 Å². The lowest BCUT2D eigenvalue weighted by Crippen LogP contribution is -2.44. The van der Waals surface area contributed by atoms with Crippen molar-refractivity contribution in [3.05, 3.63) is 22.4 Å². The van der Waals surface area contributed by atoms with Crippen LogP contribution in [-0.4, -0.2) is 44.0 Å². The number of piperidine rings is 1. The molecule has 1 unspecified atom stereocenters. The topological polar surface area (TPSA) is 44.4 Å². The first-order chi connectivity index (χ1) is 9.28. The van der Waals surface area contributed by atoms with Gasteiger partial charge < -0.3 is 10.6 Å². The third kappa shape index (κ3) is 4.93. The third-order valence-electron chi connectivity index (χ3n) is 3.50. The Bertz CT molecular complexity index is 378. The minimum Gasteiger partial charge on any atom is -0.350 e. The van der Waals surface area contributed by atoms with Gasteiger partial charge >= 0.3 is 0 Å². The summed E-state index contributed by atoms with van der Waals surface area (Å²) in [6.45, 7) is 4.32. The summed E-state index contributed by atoms with van der Waals surface area (Å²) >= 11 is 1.68. The standard InChI is InChI=1S/C14H23N3OS/c1-15-8-12-4-2-6-17(10-12)11-14(18)16-9-13-5-3-7-19-13/h3,5,7,12,15H,2,4,6,8-11H2,1H3,(H,16,18). The number of thiophene rings is 1. The number of amides is 1. The minimum atomic E-state index is 0.138. The summed E-state index contributed by atoms with van der Waals surface area (Å²) < 4.78 is 0. The van der Waals surface area contributed by atoms with Gasteiger partial charge in [-0.25, -0.2) is 0 Å². The van der Waals surface area contributed by atoms with Crippen LogP contribution in [0.15, 0.2) is 17.5 Å². The van der Waals surface area contributed by atoms with Crippen LogP contribution in [0.3, 0.4) is 0 Å². The molecule has 2 rings (SSSR count). The highest BCUT2D eigenvalue weighted by Crippen LogP contribution is 2.15. The first kappa shape index (κ1) is 14.5. The van der Waals surface area contributed by atoms with Gasteiger partial charge in [0, 0.05) is 11.4 Å². The molecule has 1 fully saturated rings.